The van der Waals surface area contributed by atoms with Crippen molar-refractivity contribution in [1.29, 1.82) is 0 Å². The predicted molar refractivity (Wildman–Crippen MR) is 97.7 cm³/mol. The molecule has 1 atom stereocenters. The third-order valence-corrected chi connectivity index (χ3v) is 3.67. The average molecular weight is 388 g/mol. The minimum atomic E-state index is -1.88. The van der Waals surface area contributed by atoms with Gasteiger partial charge in [-0.2, -0.15) is 0 Å². The van der Waals surface area contributed by atoms with Gasteiger partial charge in [0.25, 0.3) is 0 Å². The Bertz CT molecular complexity index is 717. The lowest BCUT2D eigenvalue weighted by molar-refractivity contribution is -0.116. The summed E-state index contributed by atoms with van der Waals surface area (Å²) < 4.78 is 11.9. The molecule has 0 aliphatic heterocycles. The lowest BCUT2D eigenvalue weighted by Crippen LogP contribution is -2.48. The third kappa shape index (κ3) is 5.71. The van der Waals surface area contributed by atoms with Crippen LogP contribution in [0.15, 0.2) is 60.7 Å². The summed E-state index contributed by atoms with van der Waals surface area (Å²) >= 11 is 17.6. The first-order valence-corrected chi connectivity index (χ1v) is 8.11. The standard InChI is InChI=1S/C17H14Cl3FN2O/c18-17(19,20)16(22-14-9-5-4-8-13(14)21)23-15(24)11-10-12-6-2-1-3-7-12/h1-11,16,22H,(H,23,24)/b11-10-/t16-/m1/s1. The monoisotopic (exact) mass is 386 g/mol. The molecular weight excluding hydrogens is 374 g/mol. The van der Waals surface area contributed by atoms with Crippen LogP contribution < -0.4 is 10.6 Å². The maximum absolute atomic E-state index is 13.7. The van der Waals surface area contributed by atoms with Gasteiger partial charge in [0.2, 0.25) is 9.70 Å². The molecule has 3 nitrogen and oxygen atoms in total. The van der Waals surface area contributed by atoms with Gasteiger partial charge >= 0.3 is 0 Å². The van der Waals surface area contributed by atoms with E-state index in [2.05, 4.69) is 10.6 Å². The molecule has 0 fully saturated rings. The van der Waals surface area contributed by atoms with Crippen LogP contribution in [0.2, 0.25) is 0 Å². The molecule has 2 aromatic rings. The lowest BCUT2D eigenvalue weighted by Gasteiger charge is -2.27. The van der Waals surface area contributed by atoms with E-state index in [-0.39, 0.29) is 5.69 Å². The minimum Gasteiger partial charge on any atom is -0.359 e. The molecule has 2 N–H and O–H groups in total. The van der Waals surface area contributed by atoms with E-state index in [0.29, 0.717) is 0 Å². The Morgan fingerprint density at radius 1 is 1.04 bits per heavy atom. The van der Waals surface area contributed by atoms with Crippen molar-refractivity contribution in [1.82, 2.24) is 5.32 Å². The number of para-hydroxylation sites is 1. The number of carbonyl (C=O) groups excluding carboxylic acids is 1. The van der Waals surface area contributed by atoms with Crippen molar-refractivity contribution in [3.8, 4) is 0 Å². The van der Waals surface area contributed by atoms with Gasteiger partial charge < -0.3 is 10.6 Å². The number of halogens is 4. The summed E-state index contributed by atoms with van der Waals surface area (Å²) in [5.74, 6) is -1.01. The van der Waals surface area contributed by atoms with E-state index in [4.69, 9.17) is 34.8 Å². The summed E-state index contributed by atoms with van der Waals surface area (Å²) in [6, 6.07) is 15.1. The Morgan fingerprint density at radius 2 is 1.67 bits per heavy atom. The fourth-order valence-electron chi connectivity index (χ4n) is 1.86. The number of nitrogens with one attached hydrogen (secondary N) is 2. The van der Waals surface area contributed by atoms with Crippen molar-refractivity contribution in [2.24, 2.45) is 0 Å². The topological polar surface area (TPSA) is 41.1 Å². The quantitative estimate of drug-likeness (QED) is 0.441. The second-order valence-electron chi connectivity index (χ2n) is 4.85. The highest BCUT2D eigenvalue weighted by atomic mass is 35.6. The number of anilines is 1. The summed E-state index contributed by atoms with van der Waals surface area (Å²) in [5, 5.41) is 5.18. The summed E-state index contributed by atoms with van der Waals surface area (Å²) in [7, 11) is 0. The van der Waals surface area contributed by atoms with Gasteiger partial charge in [0.15, 0.2) is 0 Å². The van der Waals surface area contributed by atoms with Crippen LogP contribution in [-0.4, -0.2) is 15.9 Å². The van der Waals surface area contributed by atoms with Crippen molar-refractivity contribution >= 4 is 52.5 Å². The van der Waals surface area contributed by atoms with Gasteiger partial charge in [0.1, 0.15) is 12.0 Å². The molecule has 0 saturated heterocycles. The Kier molecular flexibility index (Phi) is 6.49. The highest BCUT2D eigenvalue weighted by Crippen LogP contribution is 2.31. The van der Waals surface area contributed by atoms with Crippen molar-refractivity contribution in [2.45, 2.75) is 9.96 Å². The molecule has 2 aromatic carbocycles. The van der Waals surface area contributed by atoms with Crippen LogP contribution >= 0.6 is 34.8 Å². The zero-order valence-corrected chi connectivity index (χ0v) is 14.6. The van der Waals surface area contributed by atoms with Crippen LogP contribution in [0.25, 0.3) is 6.08 Å². The van der Waals surface area contributed by atoms with Crippen molar-refractivity contribution < 1.29 is 9.18 Å². The van der Waals surface area contributed by atoms with Gasteiger partial charge in [-0.15, -0.1) is 0 Å². The number of rotatable bonds is 5. The van der Waals surface area contributed by atoms with Crippen LogP contribution in [-0.2, 0) is 4.79 Å². The van der Waals surface area contributed by atoms with Gasteiger partial charge in [-0.3, -0.25) is 4.79 Å². The first-order chi connectivity index (χ1) is 11.4. The van der Waals surface area contributed by atoms with Gasteiger partial charge in [-0.25, -0.2) is 4.39 Å². The average Bonchev–Trinajstić information content (AvgIpc) is 2.54. The maximum Gasteiger partial charge on any atom is 0.245 e. The summed E-state index contributed by atoms with van der Waals surface area (Å²) in [4.78, 5) is 12.0. The Morgan fingerprint density at radius 3 is 2.29 bits per heavy atom. The number of alkyl halides is 3. The SMILES string of the molecule is O=C(/C=C\c1ccccc1)N[C@@H](Nc1ccccc1F)C(Cl)(Cl)Cl. The van der Waals surface area contributed by atoms with E-state index in [1.54, 1.807) is 12.1 Å². The second-order valence-corrected chi connectivity index (χ2v) is 7.22. The molecule has 0 aromatic heterocycles. The smallest absolute Gasteiger partial charge is 0.245 e. The lowest BCUT2D eigenvalue weighted by atomic mass is 10.2. The fourth-order valence-corrected chi connectivity index (χ4v) is 2.19. The van der Waals surface area contributed by atoms with E-state index in [1.165, 1.54) is 24.3 Å². The molecule has 7 heteroatoms. The number of hydrogen-bond acceptors (Lipinski definition) is 2. The van der Waals surface area contributed by atoms with Crippen LogP contribution in [0, 0.1) is 5.82 Å². The number of carbonyl (C=O) groups is 1. The van der Waals surface area contributed by atoms with Gasteiger partial charge in [0.05, 0.1) is 5.69 Å². The van der Waals surface area contributed by atoms with Crippen LogP contribution in [0.3, 0.4) is 0 Å². The van der Waals surface area contributed by atoms with Crippen LogP contribution in [0.4, 0.5) is 10.1 Å². The van der Waals surface area contributed by atoms with Crippen molar-refractivity contribution in [3.05, 3.63) is 72.1 Å². The molecule has 0 heterocycles. The van der Waals surface area contributed by atoms with E-state index >= 15 is 0 Å². The first-order valence-electron chi connectivity index (χ1n) is 6.97. The number of hydrogen-bond donors (Lipinski definition) is 2. The molecule has 0 unspecified atom stereocenters. The van der Waals surface area contributed by atoms with E-state index in [1.807, 2.05) is 30.3 Å². The number of benzene rings is 2. The molecule has 1 amide bonds. The first kappa shape index (κ1) is 18.6. The largest absolute Gasteiger partial charge is 0.359 e. The maximum atomic E-state index is 13.7. The number of amides is 1. The minimum absolute atomic E-state index is 0.112. The Labute approximate surface area is 154 Å². The highest BCUT2D eigenvalue weighted by molar-refractivity contribution is 6.68. The Hall–Kier alpha value is -1.75. The normalized spacial score (nSPS) is 12.8. The van der Waals surface area contributed by atoms with E-state index < -0.39 is 21.7 Å². The second kappa shape index (κ2) is 8.38. The molecule has 0 saturated carbocycles. The van der Waals surface area contributed by atoms with Crippen molar-refractivity contribution in [3.63, 3.8) is 0 Å². The predicted octanol–water partition coefficient (Wildman–Crippen LogP) is 4.76. The fraction of sp³-hybridized carbons (Fsp3) is 0.118. The zero-order valence-electron chi connectivity index (χ0n) is 12.3. The van der Waals surface area contributed by atoms with Crippen LogP contribution in [0.5, 0.6) is 0 Å². The molecule has 0 bridgehead atoms. The zero-order chi connectivity index (χ0) is 17.6. The third-order valence-electron chi connectivity index (χ3n) is 3.01. The van der Waals surface area contributed by atoms with Crippen molar-refractivity contribution in [2.75, 3.05) is 5.32 Å². The molecule has 2 rings (SSSR count). The molecule has 0 radical (unpaired) electrons. The Balaban J connectivity index is 2.08. The summed E-state index contributed by atoms with van der Waals surface area (Å²) in [6.45, 7) is 0. The molecule has 126 valence electrons. The summed E-state index contributed by atoms with van der Waals surface area (Å²) in [6.07, 6.45) is 1.81. The van der Waals surface area contributed by atoms with E-state index in [9.17, 15) is 9.18 Å². The summed E-state index contributed by atoms with van der Waals surface area (Å²) in [5.41, 5.74) is 0.960. The highest BCUT2D eigenvalue weighted by Gasteiger charge is 2.34. The van der Waals surface area contributed by atoms with E-state index in [0.717, 1.165) is 5.56 Å². The molecule has 0 spiro atoms. The van der Waals surface area contributed by atoms with Gasteiger partial charge in [-0.1, -0.05) is 77.3 Å². The van der Waals surface area contributed by atoms with Gasteiger partial charge in [-0.05, 0) is 23.8 Å². The molecule has 24 heavy (non-hydrogen) atoms. The molecule has 0 aliphatic carbocycles. The van der Waals surface area contributed by atoms with Gasteiger partial charge in [0, 0.05) is 6.08 Å². The molecular formula is C17H14Cl3FN2O. The molecule has 0 aliphatic rings. The van der Waals surface area contributed by atoms with Crippen LogP contribution in [0.1, 0.15) is 5.56 Å².